The molecular formula is C12H14O2. The molecule has 2 nitrogen and oxygen atoms in total. The van der Waals surface area contributed by atoms with Gasteiger partial charge in [-0.3, -0.25) is 0 Å². The summed E-state index contributed by atoms with van der Waals surface area (Å²) in [4.78, 5) is 0. The number of rotatable bonds is 1. The monoisotopic (exact) mass is 190 g/mol. The molecule has 1 aromatic carbocycles. The lowest BCUT2D eigenvalue weighted by Gasteiger charge is -2.12. The van der Waals surface area contributed by atoms with Gasteiger partial charge in [0, 0.05) is 11.1 Å². The van der Waals surface area contributed by atoms with E-state index in [1.807, 2.05) is 0 Å². The molecule has 0 fully saturated rings. The topological polar surface area (TPSA) is 40.5 Å². The molecule has 0 saturated heterocycles. The Kier molecular flexibility index (Phi) is 2.68. The molecule has 2 heteroatoms. The van der Waals surface area contributed by atoms with Crippen molar-refractivity contribution in [2.75, 3.05) is 0 Å². The third-order valence-electron chi connectivity index (χ3n) is 2.53. The van der Waals surface area contributed by atoms with Crippen molar-refractivity contribution in [3.8, 4) is 11.5 Å². The van der Waals surface area contributed by atoms with E-state index in [1.165, 1.54) is 0 Å². The van der Waals surface area contributed by atoms with Crippen LogP contribution in [0.2, 0.25) is 0 Å². The molecule has 2 N–H and O–H groups in total. The molecule has 1 rings (SSSR count). The quantitative estimate of drug-likeness (QED) is 0.528. The molecule has 0 radical (unpaired) electrons. The summed E-state index contributed by atoms with van der Waals surface area (Å²) in [5.74, 6) is 0.413. The molecule has 0 aliphatic carbocycles. The number of hydrogen-bond donors (Lipinski definition) is 2. The molecule has 0 aliphatic heterocycles. The predicted molar refractivity (Wildman–Crippen MR) is 57.6 cm³/mol. The summed E-state index contributed by atoms with van der Waals surface area (Å²) < 4.78 is 0. The van der Waals surface area contributed by atoms with Crippen LogP contribution in [0, 0.1) is 20.8 Å². The fourth-order valence-corrected chi connectivity index (χ4v) is 1.42. The van der Waals surface area contributed by atoms with Crippen LogP contribution in [0.25, 0.3) is 6.08 Å². The highest BCUT2D eigenvalue weighted by Crippen LogP contribution is 2.36. The first-order valence-electron chi connectivity index (χ1n) is 4.38. The number of phenolic OH excluding ortho intramolecular Hbond substituents is 2. The SMILES string of the molecule is C=C=Cc1c(C)c(O)c(C)c(C)c1O. The summed E-state index contributed by atoms with van der Waals surface area (Å²) in [7, 11) is 0. The standard InChI is InChI=1S/C12H14O2/c1-5-6-10-9(4)11(13)7(2)8(3)12(10)14/h6,13-14H,1H2,2-4H3. The van der Waals surface area contributed by atoms with Crippen LogP contribution in [0.4, 0.5) is 0 Å². The van der Waals surface area contributed by atoms with Crippen molar-refractivity contribution in [3.63, 3.8) is 0 Å². The normalized spacial score (nSPS) is 9.64. The second-order valence-corrected chi connectivity index (χ2v) is 3.33. The van der Waals surface area contributed by atoms with Gasteiger partial charge in [-0.2, -0.15) is 0 Å². The third-order valence-corrected chi connectivity index (χ3v) is 2.53. The Hall–Kier alpha value is -1.66. The first kappa shape index (κ1) is 10.4. The molecule has 0 aliphatic rings. The molecule has 0 atom stereocenters. The van der Waals surface area contributed by atoms with Crippen molar-refractivity contribution in [3.05, 3.63) is 34.6 Å². The van der Waals surface area contributed by atoms with Gasteiger partial charge in [0.15, 0.2) is 0 Å². The molecule has 14 heavy (non-hydrogen) atoms. The lowest BCUT2D eigenvalue weighted by molar-refractivity contribution is 0.448. The van der Waals surface area contributed by atoms with Gasteiger partial charge in [0.05, 0.1) is 0 Å². The van der Waals surface area contributed by atoms with Crippen LogP contribution in [0.5, 0.6) is 11.5 Å². The van der Waals surface area contributed by atoms with Crippen LogP contribution in [-0.4, -0.2) is 10.2 Å². The molecule has 0 bridgehead atoms. The van der Waals surface area contributed by atoms with Crippen molar-refractivity contribution < 1.29 is 10.2 Å². The second kappa shape index (κ2) is 3.60. The van der Waals surface area contributed by atoms with Gasteiger partial charge < -0.3 is 10.2 Å². The van der Waals surface area contributed by atoms with Crippen molar-refractivity contribution in [1.82, 2.24) is 0 Å². The minimum atomic E-state index is 0.189. The van der Waals surface area contributed by atoms with Crippen LogP contribution in [0.3, 0.4) is 0 Å². The molecule has 1 aromatic rings. The van der Waals surface area contributed by atoms with Gasteiger partial charge in [-0.05, 0) is 38.0 Å². The highest BCUT2D eigenvalue weighted by Gasteiger charge is 2.13. The van der Waals surface area contributed by atoms with Gasteiger partial charge in [-0.25, -0.2) is 0 Å². The van der Waals surface area contributed by atoms with E-state index >= 15 is 0 Å². The van der Waals surface area contributed by atoms with Crippen LogP contribution in [-0.2, 0) is 0 Å². The predicted octanol–water partition coefficient (Wildman–Crippen LogP) is 2.82. The maximum absolute atomic E-state index is 9.80. The molecule has 0 unspecified atom stereocenters. The molecule has 0 aromatic heterocycles. The molecule has 0 amide bonds. The van der Waals surface area contributed by atoms with E-state index < -0.39 is 0 Å². The van der Waals surface area contributed by atoms with Crippen LogP contribution < -0.4 is 0 Å². The van der Waals surface area contributed by atoms with E-state index in [4.69, 9.17) is 0 Å². The summed E-state index contributed by atoms with van der Waals surface area (Å²) in [5.41, 5.74) is 5.23. The van der Waals surface area contributed by atoms with E-state index in [0.29, 0.717) is 22.3 Å². The lowest BCUT2D eigenvalue weighted by Crippen LogP contribution is -1.91. The van der Waals surface area contributed by atoms with Gasteiger partial charge in [0.2, 0.25) is 0 Å². The van der Waals surface area contributed by atoms with Gasteiger partial charge in [0.1, 0.15) is 11.5 Å². The average molecular weight is 190 g/mol. The maximum atomic E-state index is 9.80. The molecular weight excluding hydrogens is 176 g/mol. The summed E-state index contributed by atoms with van der Waals surface area (Å²) >= 11 is 0. The summed E-state index contributed by atoms with van der Waals surface area (Å²) in [6.45, 7) is 8.75. The molecule has 0 heterocycles. The number of phenols is 2. The van der Waals surface area contributed by atoms with Crippen LogP contribution in [0.15, 0.2) is 12.3 Å². The van der Waals surface area contributed by atoms with E-state index in [0.717, 1.165) is 0 Å². The number of benzene rings is 1. The van der Waals surface area contributed by atoms with Crippen molar-refractivity contribution in [2.45, 2.75) is 20.8 Å². The average Bonchev–Trinajstić information content (AvgIpc) is 2.19. The number of hydrogen-bond acceptors (Lipinski definition) is 2. The van der Waals surface area contributed by atoms with E-state index in [9.17, 15) is 10.2 Å². The van der Waals surface area contributed by atoms with Gasteiger partial charge in [0.25, 0.3) is 0 Å². The van der Waals surface area contributed by atoms with Gasteiger partial charge in [-0.15, -0.1) is 5.73 Å². The van der Waals surface area contributed by atoms with E-state index in [2.05, 4.69) is 12.3 Å². The first-order valence-corrected chi connectivity index (χ1v) is 4.38. The zero-order valence-corrected chi connectivity index (χ0v) is 8.68. The Balaban J connectivity index is 3.67. The van der Waals surface area contributed by atoms with Crippen LogP contribution in [0.1, 0.15) is 22.3 Å². The van der Waals surface area contributed by atoms with E-state index in [1.54, 1.807) is 26.8 Å². The second-order valence-electron chi connectivity index (χ2n) is 3.33. The van der Waals surface area contributed by atoms with Crippen molar-refractivity contribution in [1.29, 1.82) is 0 Å². The minimum Gasteiger partial charge on any atom is -0.507 e. The highest BCUT2D eigenvalue weighted by atomic mass is 16.3. The Morgan fingerprint density at radius 1 is 1.00 bits per heavy atom. The zero-order valence-electron chi connectivity index (χ0n) is 8.68. The Morgan fingerprint density at radius 3 is 2.00 bits per heavy atom. The molecule has 0 spiro atoms. The smallest absolute Gasteiger partial charge is 0.127 e. The summed E-state index contributed by atoms with van der Waals surface area (Å²) in [6.07, 6.45) is 1.57. The summed E-state index contributed by atoms with van der Waals surface area (Å²) in [5, 5.41) is 19.5. The van der Waals surface area contributed by atoms with Crippen LogP contribution >= 0.6 is 0 Å². The van der Waals surface area contributed by atoms with Crippen molar-refractivity contribution in [2.24, 2.45) is 0 Å². The zero-order chi connectivity index (χ0) is 10.9. The lowest BCUT2D eigenvalue weighted by atomic mass is 9.97. The van der Waals surface area contributed by atoms with Crippen molar-refractivity contribution >= 4 is 6.08 Å². The molecule has 0 saturated carbocycles. The summed E-state index contributed by atoms with van der Waals surface area (Å²) in [6, 6.07) is 0. The highest BCUT2D eigenvalue weighted by molar-refractivity contribution is 5.68. The fourth-order valence-electron chi connectivity index (χ4n) is 1.42. The molecule has 74 valence electrons. The largest absolute Gasteiger partial charge is 0.507 e. The Labute approximate surface area is 83.8 Å². The fraction of sp³-hybridized carbons (Fsp3) is 0.250. The Morgan fingerprint density at radius 2 is 1.50 bits per heavy atom. The maximum Gasteiger partial charge on any atom is 0.127 e. The van der Waals surface area contributed by atoms with Gasteiger partial charge >= 0.3 is 0 Å². The van der Waals surface area contributed by atoms with E-state index in [-0.39, 0.29) is 11.5 Å². The van der Waals surface area contributed by atoms with Gasteiger partial charge in [-0.1, -0.05) is 6.58 Å². The number of aromatic hydroxyl groups is 2. The third kappa shape index (κ3) is 1.40. The Bertz CT molecular complexity index is 395. The first-order chi connectivity index (χ1) is 6.50. The minimum absolute atomic E-state index is 0.189.